The van der Waals surface area contributed by atoms with Crippen LogP contribution in [0.3, 0.4) is 0 Å². The van der Waals surface area contributed by atoms with E-state index in [0.29, 0.717) is 12.5 Å². The van der Waals surface area contributed by atoms with Gasteiger partial charge in [-0.25, -0.2) is 0 Å². The van der Waals surface area contributed by atoms with E-state index >= 15 is 0 Å². The summed E-state index contributed by atoms with van der Waals surface area (Å²) >= 11 is 0. The Bertz CT molecular complexity index is 546. The largest absolute Gasteiger partial charge is 0.497 e. The van der Waals surface area contributed by atoms with E-state index in [1.807, 2.05) is 12.1 Å². The molecule has 5 heteroatoms. The molecule has 0 atom stereocenters. The third-order valence-electron chi connectivity index (χ3n) is 5.50. The Morgan fingerprint density at radius 2 is 2.00 bits per heavy atom. The first-order chi connectivity index (χ1) is 11.7. The average molecular weight is 331 g/mol. The second kappa shape index (κ2) is 7.88. The van der Waals surface area contributed by atoms with Crippen LogP contribution in [0.4, 0.5) is 0 Å². The summed E-state index contributed by atoms with van der Waals surface area (Å²) in [6, 6.07) is 8.35. The van der Waals surface area contributed by atoms with Crippen LogP contribution in [0.25, 0.3) is 0 Å². The lowest BCUT2D eigenvalue weighted by Crippen LogP contribution is -2.40. The maximum Gasteiger partial charge on any atom is 0.188 e. The topological polar surface area (TPSA) is 68.9 Å². The number of nitrogens with zero attached hydrogens (tertiary/aromatic N) is 1. The lowest BCUT2D eigenvalue weighted by atomic mass is 9.74. The number of guanidine groups is 1. The first-order valence-corrected chi connectivity index (χ1v) is 8.98. The lowest BCUT2D eigenvalue weighted by molar-refractivity contribution is 0.0531. The molecule has 1 aromatic rings. The smallest absolute Gasteiger partial charge is 0.188 e. The highest BCUT2D eigenvalue weighted by atomic mass is 16.5. The second-order valence-electron chi connectivity index (χ2n) is 7.00. The van der Waals surface area contributed by atoms with Gasteiger partial charge < -0.3 is 20.5 Å². The molecule has 1 aliphatic carbocycles. The third kappa shape index (κ3) is 4.01. The summed E-state index contributed by atoms with van der Waals surface area (Å²) in [6.45, 7) is 3.20. The van der Waals surface area contributed by atoms with Gasteiger partial charge in [-0.3, -0.25) is 4.99 Å². The van der Waals surface area contributed by atoms with Crippen molar-refractivity contribution >= 4 is 5.96 Å². The van der Waals surface area contributed by atoms with E-state index in [9.17, 15) is 0 Å². The Labute approximate surface area is 144 Å². The van der Waals surface area contributed by atoms with E-state index in [-0.39, 0.29) is 5.41 Å². The Morgan fingerprint density at radius 1 is 1.29 bits per heavy atom. The van der Waals surface area contributed by atoms with Gasteiger partial charge in [0.25, 0.3) is 0 Å². The van der Waals surface area contributed by atoms with Crippen molar-refractivity contribution in [1.82, 2.24) is 5.32 Å². The van der Waals surface area contributed by atoms with Gasteiger partial charge >= 0.3 is 0 Å². The number of ether oxygens (including phenoxy) is 2. The summed E-state index contributed by atoms with van der Waals surface area (Å²) in [7, 11) is 1.69. The summed E-state index contributed by atoms with van der Waals surface area (Å²) in [5.74, 6) is 2.23. The molecule has 24 heavy (non-hydrogen) atoms. The van der Waals surface area contributed by atoms with Crippen molar-refractivity contribution in [3.8, 4) is 5.75 Å². The van der Waals surface area contributed by atoms with Gasteiger partial charge in [0.2, 0.25) is 0 Å². The first kappa shape index (κ1) is 17.1. The van der Waals surface area contributed by atoms with Gasteiger partial charge in [-0.15, -0.1) is 0 Å². The van der Waals surface area contributed by atoms with E-state index in [4.69, 9.17) is 15.2 Å². The maximum atomic E-state index is 6.09. The second-order valence-corrected chi connectivity index (χ2v) is 7.00. The molecule has 1 aliphatic heterocycles. The zero-order valence-electron chi connectivity index (χ0n) is 14.6. The molecule has 2 fully saturated rings. The quantitative estimate of drug-likeness (QED) is 0.620. The van der Waals surface area contributed by atoms with Gasteiger partial charge in [-0.2, -0.15) is 0 Å². The molecule has 0 amide bonds. The van der Waals surface area contributed by atoms with Crippen LogP contribution in [0.5, 0.6) is 5.75 Å². The van der Waals surface area contributed by atoms with Crippen molar-refractivity contribution in [1.29, 1.82) is 0 Å². The van der Waals surface area contributed by atoms with Gasteiger partial charge in [-0.05, 0) is 49.3 Å². The lowest BCUT2D eigenvalue weighted by Gasteiger charge is -2.36. The Balaban J connectivity index is 1.67. The molecule has 0 radical (unpaired) electrons. The molecular formula is C19H29N3O2. The van der Waals surface area contributed by atoms with Crippen molar-refractivity contribution in [3.05, 3.63) is 29.8 Å². The molecule has 2 aliphatic rings. The highest BCUT2D eigenvalue weighted by molar-refractivity contribution is 5.77. The van der Waals surface area contributed by atoms with E-state index in [2.05, 4.69) is 22.4 Å². The zero-order valence-corrected chi connectivity index (χ0v) is 14.6. The first-order valence-electron chi connectivity index (χ1n) is 8.98. The molecule has 1 saturated carbocycles. The fraction of sp³-hybridized carbons (Fsp3) is 0.632. The molecule has 0 spiro atoms. The number of methoxy groups -OCH3 is 1. The number of aliphatic imine (C=N–C) groups is 1. The number of nitrogens with two attached hydrogens (primary N) is 1. The summed E-state index contributed by atoms with van der Waals surface area (Å²) in [6.07, 6.45) is 5.92. The van der Waals surface area contributed by atoms with Gasteiger partial charge in [0.15, 0.2) is 5.96 Å². The molecule has 132 valence electrons. The molecular weight excluding hydrogens is 302 g/mol. The Kier molecular flexibility index (Phi) is 5.61. The SMILES string of the molecule is COc1ccc(C2(CN=C(N)NCC3CCC3)CCOCC2)cc1. The van der Waals surface area contributed by atoms with Crippen LogP contribution in [-0.4, -0.2) is 39.4 Å². The molecule has 1 aromatic carbocycles. The van der Waals surface area contributed by atoms with Crippen molar-refractivity contribution in [2.24, 2.45) is 16.6 Å². The van der Waals surface area contributed by atoms with E-state index in [0.717, 1.165) is 44.3 Å². The third-order valence-corrected chi connectivity index (χ3v) is 5.50. The summed E-state index contributed by atoms with van der Waals surface area (Å²) in [4.78, 5) is 4.67. The van der Waals surface area contributed by atoms with Crippen molar-refractivity contribution in [3.63, 3.8) is 0 Å². The minimum Gasteiger partial charge on any atom is -0.497 e. The molecule has 0 unspecified atom stereocenters. The van der Waals surface area contributed by atoms with Crippen LogP contribution in [-0.2, 0) is 10.2 Å². The van der Waals surface area contributed by atoms with Crippen molar-refractivity contribution in [2.75, 3.05) is 33.4 Å². The monoisotopic (exact) mass is 331 g/mol. The van der Waals surface area contributed by atoms with Crippen LogP contribution in [0.15, 0.2) is 29.3 Å². The predicted octanol–water partition coefficient (Wildman–Crippen LogP) is 2.45. The maximum absolute atomic E-state index is 6.09. The van der Waals surface area contributed by atoms with Crippen molar-refractivity contribution in [2.45, 2.75) is 37.5 Å². The minimum atomic E-state index is 0.00723. The highest BCUT2D eigenvalue weighted by Crippen LogP contribution is 2.36. The van der Waals surface area contributed by atoms with E-state index in [1.165, 1.54) is 24.8 Å². The predicted molar refractivity (Wildman–Crippen MR) is 96.6 cm³/mol. The molecule has 1 heterocycles. The van der Waals surface area contributed by atoms with Gasteiger partial charge in [0.05, 0.1) is 13.7 Å². The van der Waals surface area contributed by atoms with Gasteiger partial charge in [0, 0.05) is 25.2 Å². The summed E-state index contributed by atoms with van der Waals surface area (Å²) in [5, 5.41) is 3.29. The summed E-state index contributed by atoms with van der Waals surface area (Å²) < 4.78 is 10.9. The fourth-order valence-corrected chi connectivity index (χ4v) is 3.48. The molecule has 1 saturated heterocycles. The zero-order chi connectivity index (χ0) is 16.8. The Hall–Kier alpha value is -1.75. The van der Waals surface area contributed by atoms with E-state index in [1.54, 1.807) is 7.11 Å². The molecule has 0 bridgehead atoms. The summed E-state index contributed by atoms with van der Waals surface area (Å²) in [5.41, 5.74) is 7.39. The normalized spacial score (nSPS) is 21.1. The average Bonchev–Trinajstić information content (AvgIpc) is 2.59. The number of benzene rings is 1. The Morgan fingerprint density at radius 3 is 2.58 bits per heavy atom. The molecule has 3 N–H and O–H groups in total. The van der Waals surface area contributed by atoms with Crippen LogP contribution in [0, 0.1) is 5.92 Å². The molecule has 5 nitrogen and oxygen atoms in total. The van der Waals surface area contributed by atoms with Crippen molar-refractivity contribution < 1.29 is 9.47 Å². The number of rotatable bonds is 6. The van der Waals surface area contributed by atoms with Gasteiger partial charge in [-0.1, -0.05) is 18.6 Å². The van der Waals surface area contributed by atoms with Crippen LogP contribution in [0.1, 0.15) is 37.7 Å². The van der Waals surface area contributed by atoms with Crippen LogP contribution >= 0.6 is 0 Å². The standard InChI is InChI=1S/C19H29N3O2/c1-23-17-7-5-16(6-8-17)19(9-11-24-12-10-19)14-22-18(20)21-13-15-3-2-4-15/h5-8,15H,2-4,9-14H2,1H3,(H3,20,21,22). The number of hydrogen-bond acceptors (Lipinski definition) is 3. The molecule has 3 rings (SSSR count). The fourth-order valence-electron chi connectivity index (χ4n) is 3.48. The highest BCUT2D eigenvalue weighted by Gasteiger charge is 2.34. The van der Waals surface area contributed by atoms with E-state index < -0.39 is 0 Å². The molecule has 0 aromatic heterocycles. The number of nitrogens with one attached hydrogen (secondary N) is 1. The number of hydrogen-bond donors (Lipinski definition) is 2. The van der Waals surface area contributed by atoms with Crippen LogP contribution < -0.4 is 15.8 Å². The van der Waals surface area contributed by atoms with Crippen LogP contribution in [0.2, 0.25) is 0 Å². The van der Waals surface area contributed by atoms with Gasteiger partial charge in [0.1, 0.15) is 5.75 Å². The minimum absolute atomic E-state index is 0.00723.